The first kappa shape index (κ1) is 13.8. The highest BCUT2D eigenvalue weighted by Crippen LogP contribution is 2.23. The normalized spacial score (nSPS) is 12.1. The summed E-state index contributed by atoms with van der Waals surface area (Å²) in [4.78, 5) is 0. The van der Waals surface area contributed by atoms with E-state index in [9.17, 15) is 5.11 Å². The molecule has 0 aliphatic carbocycles. The van der Waals surface area contributed by atoms with Crippen molar-refractivity contribution < 1.29 is 5.11 Å². The van der Waals surface area contributed by atoms with Gasteiger partial charge in [0.05, 0.1) is 0 Å². The highest BCUT2D eigenvalue weighted by atomic mass is 35.5. The van der Waals surface area contributed by atoms with E-state index in [0.29, 0.717) is 6.54 Å². The Bertz CT molecular complexity index is 502. The number of nitrogens with two attached hydrogens (primary N) is 2. The van der Waals surface area contributed by atoms with Crippen LogP contribution in [0.15, 0.2) is 36.4 Å². The third-order valence-corrected chi connectivity index (χ3v) is 2.75. The Morgan fingerprint density at radius 2 is 1.71 bits per heavy atom. The highest BCUT2D eigenvalue weighted by molar-refractivity contribution is 5.85. The molecule has 3 nitrogen and oxygen atoms in total. The third kappa shape index (κ3) is 3.09. The lowest BCUT2D eigenvalue weighted by Gasteiger charge is -2.11. The number of halogens is 1. The van der Waals surface area contributed by atoms with Crippen LogP contribution in [0, 0.1) is 0 Å². The maximum atomic E-state index is 9.35. The molecule has 2 aromatic carbocycles. The largest absolute Gasteiger partial charge is 0.508 e. The summed E-state index contributed by atoms with van der Waals surface area (Å²) in [7, 11) is 0. The van der Waals surface area contributed by atoms with Crippen molar-refractivity contribution in [3.63, 3.8) is 0 Å². The molecule has 1 atom stereocenters. The van der Waals surface area contributed by atoms with Gasteiger partial charge in [-0.25, -0.2) is 0 Å². The Morgan fingerprint density at radius 3 is 2.41 bits per heavy atom. The lowest BCUT2D eigenvalue weighted by Crippen LogP contribution is -2.15. The number of phenolic OH excluding ortho intramolecular Hbond substituents is 1. The summed E-state index contributed by atoms with van der Waals surface area (Å²) < 4.78 is 0. The van der Waals surface area contributed by atoms with Crippen LogP contribution in [0.5, 0.6) is 5.75 Å². The molecule has 0 saturated heterocycles. The molecule has 0 fully saturated rings. The van der Waals surface area contributed by atoms with E-state index >= 15 is 0 Å². The summed E-state index contributed by atoms with van der Waals surface area (Å²) in [5.74, 6) is 0.284. The van der Waals surface area contributed by atoms with Gasteiger partial charge in [-0.05, 0) is 47.5 Å². The Morgan fingerprint density at radius 1 is 1.06 bits per heavy atom. The second-order valence-corrected chi connectivity index (χ2v) is 3.97. The van der Waals surface area contributed by atoms with Crippen molar-refractivity contribution in [1.29, 1.82) is 0 Å². The number of hydrogen-bond donors (Lipinski definition) is 3. The van der Waals surface area contributed by atoms with Gasteiger partial charge in [0.1, 0.15) is 5.75 Å². The van der Waals surface area contributed by atoms with Crippen LogP contribution in [0.1, 0.15) is 18.0 Å². The molecule has 0 spiro atoms. The average Bonchev–Trinajstić information content (AvgIpc) is 2.28. The minimum atomic E-state index is -0.0109. The summed E-state index contributed by atoms with van der Waals surface area (Å²) in [6, 6.07) is 11.3. The van der Waals surface area contributed by atoms with E-state index in [4.69, 9.17) is 11.5 Å². The number of fused-ring (bicyclic) bond motifs is 1. The van der Waals surface area contributed by atoms with Gasteiger partial charge in [0, 0.05) is 6.04 Å². The molecule has 0 unspecified atom stereocenters. The summed E-state index contributed by atoms with van der Waals surface area (Å²) in [6.07, 6.45) is 0.781. The molecular weight excluding hydrogens is 236 g/mol. The van der Waals surface area contributed by atoms with Gasteiger partial charge in [0.2, 0.25) is 0 Å². The number of phenols is 1. The molecule has 5 N–H and O–H groups in total. The molecule has 17 heavy (non-hydrogen) atoms. The van der Waals surface area contributed by atoms with E-state index in [-0.39, 0.29) is 24.2 Å². The average molecular weight is 253 g/mol. The van der Waals surface area contributed by atoms with Crippen LogP contribution in [-0.2, 0) is 0 Å². The predicted molar refractivity (Wildman–Crippen MR) is 73.5 cm³/mol. The molecule has 0 radical (unpaired) electrons. The molecule has 2 aromatic rings. The van der Waals surface area contributed by atoms with Crippen LogP contribution in [0.2, 0.25) is 0 Å². The Hall–Kier alpha value is -1.29. The zero-order valence-electron chi connectivity index (χ0n) is 9.47. The molecule has 92 valence electrons. The minimum absolute atomic E-state index is 0. The van der Waals surface area contributed by atoms with Crippen molar-refractivity contribution in [3.05, 3.63) is 42.0 Å². The minimum Gasteiger partial charge on any atom is -0.508 e. The molecular formula is C13H17ClN2O. The molecule has 4 heteroatoms. The number of rotatable bonds is 3. The molecule has 0 aromatic heterocycles. The smallest absolute Gasteiger partial charge is 0.116 e. The lowest BCUT2D eigenvalue weighted by atomic mass is 10.0. The Labute approximate surface area is 107 Å². The fourth-order valence-electron chi connectivity index (χ4n) is 1.83. The Balaban J connectivity index is 0.00000144. The molecule has 0 saturated carbocycles. The van der Waals surface area contributed by atoms with Gasteiger partial charge in [0.25, 0.3) is 0 Å². The van der Waals surface area contributed by atoms with E-state index < -0.39 is 0 Å². The summed E-state index contributed by atoms with van der Waals surface area (Å²) in [5.41, 5.74) is 12.6. The van der Waals surface area contributed by atoms with E-state index in [1.54, 1.807) is 12.1 Å². The van der Waals surface area contributed by atoms with Crippen LogP contribution < -0.4 is 11.5 Å². The molecule has 0 bridgehead atoms. The van der Waals surface area contributed by atoms with Crippen LogP contribution in [-0.4, -0.2) is 11.7 Å². The standard InChI is InChI=1S/C13H16N2O.ClH/c14-6-5-13(15)11-2-1-10-8-12(16)4-3-9(10)7-11;/h1-4,7-8,13,16H,5-6,14-15H2;1H/t13-;/m0./s1. The SMILES string of the molecule is Cl.NCC[C@H](N)c1ccc2cc(O)ccc2c1. The van der Waals surface area contributed by atoms with Crippen LogP contribution in [0.3, 0.4) is 0 Å². The van der Waals surface area contributed by atoms with E-state index in [2.05, 4.69) is 6.07 Å². The number of benzene rings is 2. The van der Waals surface area contributed by atoms with Crippen molar-refractivity contribution in [2.45, 2.75) is 12.5 Å². The van der Waals surface area contributed by atoms with Crippen molar-refractivity contribution >= 4 is 23.2 Å². The van der Waals surface area contributed by atoms with Crippen molar-refractivity contribution in [1.82, 2.24) is 0 Å². The fraction of sp³-hybridized carbons (Fsp3) is 0.231. The highest BCUT2D eigenvalue weighted by Gasteiger charge is 2.05. The van der Waals surface area contributed by atoms with Gasteiger partial charge in [-0.2, -0.15) is 0 Å². The van der Waals surface area contributed by atoms with E-state index in [1.807, 2.05) is 18.2 Å². The maximum absolute atomic E-state index is 9.35. The Kier molecular flexibility index (Phi) is 4.75. The topological polar surface area (TPSA) is 72.3 Å². The van der Waals surface area contributed by atoms with Crippen LogP contribution >= 0.6 is 12.4 Å². The van der Waals surface area contributed by atoms with Gasteiger partial charge in [0.15, 0.2) is 0 Å². The van der Waals surface area contributed by atoms with Gasteiger partial charge in [-0.1, -0.05) is 18.2 Å². The quantitative estimate of drug-likeness (QED) is 0.785. The molecule has 0 heterocycles. The van der Waals surface area contributed by atoms with E-state index in [1.165, 1.54) is 0 Å². The first-order chi connectivity index (χ1) is 7.70. The number of aromatic hydroxyl groups is 1. The van der Waals surface area contributed by atoms with Crippen molar-refractivity contribution in [3.8, 4) is 5.75 Å². The first-order valence-corrected chi connectivity index (χ1v) is 5.39. The molecule has 2 rings (SSSR count). The zero-order chi connectivity index (χ0) is 11.5. The van der Waals surface area contributed by atoms with Crippen LogP contribution in [0.25, 0.3) is 10.8 Å². The van der Waals surface area contributed by atoms with Gasteiger partial charge >= 0.3 is 0 Å². The lowest BCUT2D eigenvalue weighted by molar-refractivity contribution is 0.476. The van der Waals surface area contributed by atoms with Crippen molar-refractivity contribution in [2.75, 3.05) is 6.54 Å². The molecule has 0 aliphatic heterocycles. The third-order valence-electron chi connectivity index (χ3n) is 2.75. The molecule has 0 aliphatic rings. The van der Waals surface area contributed by atoms with Gasteiger partial charge < -0.3 is 16.6 Å². The monoisotopic (exact) mass is 252 g/mol. The first-order valence-electron chi connectivity index (χ1n) is 5.39. The van der Waals surface area contributed by atoms with Crippen LogP contribution in [0.4, 0.5) is 0 Å². The number of hydrogen-bond acceptors (Lipinski definition) is 3. The second-order valence-electron chi connectivity index (χ2n) is 3.97. The van der Waals surface area contributed by atoms with Crippen molar-refractivity contribution in [2.24, 2.45) is 11.5 Å². The van der Waals surface area contributed by atoms with Gasteiger partial charge in [-0.15, -0.1) is 12.4 Å². The second kappa shape index (κ2) is 5.87. The molecule has 0 amide bonds. The van der Waals surface area contributed by atoms with Gasteiger partial charge in [-0.3, -0.25) is 0 Å². The summed E-state index contributed by atoms with van der Waals surface area (Å²) in [6.45, 7) is 0.592. The predicted octanol–water partition coefficient (Wildman–Crippen LogP) is 2.32. The van der Waals surface area contributed by atoms with E-state index in [0.717, 1.165) is 22.8 Å². The summed E-state index contributed by atoms with van der Waals surface area (Å²) in [5, 5.41) is 11.5. The summed E-state index contributed by atoms with van der Waals surface area (Å²) >= 11 is 0. The zero-order valence-corrected chi connectivity index (χ0v) is 10.3. The fourth-order valence-corrected chi connectivity index (χ4v) is 1.83. The maximum Gasteiger partial charge on any atom is 0.116 e.